The summed E-state index contributed by atoms with van der Waals surface area (Å²) in [6.45, 7) is 2.48. The van der Waals surface area contributed by atoms with Gasteiger partial charge in [0.15, 0.2) is 0 Å². The molecule has 2 heterocycles. The SMILES string of the molecule is Cc1occc1C(=O)NCC1(c2ccncc2)CCCCC1. The molecule has 1 N–H and O–H groups in total. The quantitative estimate of drug-likeness (QED) is 0.938. The molecule has 0 aromatic carbocycles. The predicted molar refractivity (Wildman–Crippen MR) is 84.8 cm³/mol. The van der Waals surface area contributed by atoms with E-state index >= 15 is 0 Å². The topological polar surface area (TPSA) is 55.1 Å². The van der Waals surface area contributed by atoms with E-state index in [1.807, 2.05) is 19.3 Å². The van der Waals surface area contributed by atoms with E-state index in [1.54, 1.807) is 12.3 Å². The van der Waals surface area contributed by atoms with Crippen LogP contribution in [-0.4, -0.2) is 17.4 Å². The van der Waals surface area contributed by atoms with Crippen molar-refractivity contribution in [2.24, 2.45) is 0 Å². The maximum atomic E-state index is 12.4. The summed E-state index contributed by atoms with van der Waals surface area (Å²) in [6, 6.07) is 5.89. The van der Waals surface area contributed by atoms with Gasteiger partial charge in [0.1, 0.15) is 5.76 Å². The van der Waals surface area contributed by atoms with E-state index in [9.17, 15) is 4.79 Å². The van der Waals surface area contributed by atoms with Gasteiger partial charge >= 0.3 is 0 Å². The van der Waals surface area contributed by atoms with Gasteiger partial charge in [-0.25, -0.2) is 0 Å². The third-order valence-corrected chi connectivity index (χ3v) is 4.79. The predicted octanol–water partition coefficient (Wildman–Crippen LogP) is 3.61. The largest absolute Gasteiger partial charge is 0.469 e. The van der Waals surface area contributed by atoms with Crippen LogP contribution in [0, 0.1) is 6.92 Å². The van der Waals surface area contributed by atoms with Crippen molar-refractivity contribution >= 4 is 5.91 Å². The monoisotopic (exact) mass is 298 g/mol. The maximum absolute atomic E-state index is 12.4. The fourth-order valence-corrected chi connectivity index (χ4v) is 3.47. The molecule has 0 bridgehead atoms. The molecule has 0 atom stereocenters. The van der Waals surface area contributed by atoms with Crippen LogP contribution in [0.2, 0.25) is 0 Å². The Hall–Kier alpha value is -2.10. The zero-order valence-corrected chi connectivity index (χ0v) is 13.0. The minimum Gasteiger partial charge on any atom is -0.469 e. The number of furan rings is 1. The summed E-state index contributed by atoms with van der Waals surface area (Å²) in [5, 5.41) is 3.12. The molecule has 1 fully saturated rings. The number of nitrogens with one attached hydrogen (secondary N) is 1. The summed E-state index contributed by atoms with van der Waals surface area (Å²) in [5.74, 6) is 0.615. The van der Waals surface area contributed by atoms with Crippen LogP contribution in [0.1, 0.15) is 53.8 Å². The van der Waals surface area contributed by atoms with Crippen LogP contribution in [0.15, 0.2) is 41.3 Å². The Balaban J connectivity index is 1.77. The fraction of sp³-hybridized carbons (Fsp3) is 0.444. The molecule has 1 aliphatic carbocycles. The maximum Gasteiger partial charge on any atom is 0.254 e. The van der Waals surface area contributed by atoms with Crippen molar-refractivity contribution in [1.82, 2.24) is 10.3 Å². The Morgan fingerprint density at radius 1 is 1.23 bits per heavy atom. The summed E-state index contributed by atoms with van der Waals surface area (Å²) in [6.07, 6.45) is 11.2. The number of hydrogen-bond donors (Lipinski definition) is 1. The lowest BCUT2D eigenvalue weighted by Crippen LogP contribution is -2.42. The molecule has 2 aromatic rings. The number of pyridine rings is 1. The molecule has 1 amide bonds. The Bertz CT molecular complexity index is 628. The number of aryl methyl sites for hydroxylation is 1. The number of amides is 1. The lowest BCUT2D eigenvalue weighted by Gasteiger charge is -2.38. The minimum atomic E-state index is -0.0507. The molecule has 22 heavy (non-hydrogen) atoms. The number of rotatable bonds is 4. The first kappa shape index (κ1) is 14.8. The van der Waals surface area contributed by atoms with Crippen molar-refractivity contribution < 1.29 is 9.21 Å². The molecule has 116 valence electrons. The Morgan fingerprint density at radius 2 is 1.95 bits per heavy atom. The molecular formula is C18H22N2O2. The molecule has 3 rings (SSSR count). The molecule has 2 aromatic heterocycles. The molecule has 0 saturated heterocycles. The highest BCUT2D eigenvalue weighted by atomic mass is 16.3. The Labute approximate surface area is 130 Å². The van der Waals surface area contributed by atoms with Crippen LogP contribution in [0.5, 0.6) is 0 Å². The first-order valence-corrected chi connectivity index (χ1v) is 7.94. The standard InChI is InChI=1S/C18H22N2O2/c1-14-16(7-12-22-14)17(21)20-13-18(8-3-2-4-9-18)15-5-10-19-11-6-15/h5-7,10-12H,2-4,8-9,13H2,1H3,(H,20,21). The molecule has 0 unspecified atom stereocenters. The number of nitrogens with zero attached hydrogens (tertiary/aromatic N) is 1. The second kappa shape index (κ2) is 6.34. The van der Waals surface area contributed by atoms with Gasteiger partial charge in [0.2, 0.25) is 0 Å². The summed E-state index contributed by atoms with van der Waals surface area (Å²) >= 11 is 0. The van der Waals surface area contributed by atoms with Crippen LogP contribution < -0.4 is 5.32 Å². The van der Waals surface area contributed by atoms with Crippen LogP contribution in [0.25, 0.3) is 0 Å². The van der Waals surface area contributed by atoms with Gasteiger partial charge in [0.25, 0.3) is 5.91 Å². The molecular weight excluding hydrogens is 276 g/mol. The second-order valence-corrected chi connectivity index (χ2v) is 6.15. The zero-order valence-electron chi connectivity index (χ0n) is 13.0. The molecule has 0 radical (unpaired) electrons. The highest BCUT2D eigenvalue weighted by molar-refractivity contribution is 5.95. The summed E-state index contributed by atoms with van der Waals surface area (Å²) in [7, 11) is 0. The van der Waals surface area contributed by atoms with E-state index < -0.39 is 0 Å². The van der Waals surface area contributed by atoms with Crippen LogP contribution in [0.4, 0.5) is 0 Å². The average Bonchev–Trinajstić information content (AvgIpc) is 3.00. The molecule has 1 saturated carbocycles. The lowest BCUT2D eigenvalue weighted by molar-refractivity contribution is 0.0935. The van der Waals surface area contributed by atoms with Gasteiger partial charge < -0.3 is 9.73 Å². The van der Waals surface area contributed by atoms with Crippen LogP contribution in [-0.2, 0) is 5.41 Å². The van der Waals surface area contributed by atoms with E-state index in [0.717, 1.165) is 12.8 Å². The summed E-state index contributed by atoms with van der Waals surface area (Å²) in [4.78, 5) is 16.5. The highest BCUT2D eigenvalue weighted by Crippen LogP contribution is 2.38. The van der Waals surface area contributed by atoms with E-state index in [2.05, 4.69) is 22.4 Å². The van der Waals surface area contributed by atoms with E-state index in [-0.39, 0.29) is 11.3 Å². The third-order valence-electron chi connectivity index (χ3n) is 4.79. The third kappa shape index (κ3) is 2.91. The van der Waals surface area contributed by atoms with Crippen molar-refractivity contribution in [2.75, 3.05) is 6.54 Å². The summed E-state index contributed by atoms with van der Waals surface area (Å²) in [5.41, 5.74) is 1.95. The van der Waals surface area contributed by atoms with Crippen molar-refractivity contribution in [1.29, 1.82) is 0 Å². The molecule has 1 aliphatic rings. The van der Waals surface area contributed by atoms with Gasteiger partial charge in [-0.2, -0.15) is 0 Å². The smallest absolute Gasteiger partial charge is 0.254 e. The van der Waals surface area contributed by atoms with E-state index in [4.69, 9.17) is 4.42 Å². The minimum absolute atomic E-state index is 0.0362. The van der Waals surface area contributed by atoms with Crippen LogP contribution in [0.3, 0.4) is 0 Å². The van der Waals surface area contributed by atoms with Crippen molar-refractivity contribution in [3.8, 4) is 0 Å². The van der Waals surface area contributed by atoms with Gasteiger partial charge in [0, 0.05) is 24.4 Å². The van der Waals surface area contributed by atoms with Gasteiger partial charge in [-0.1, -0.05) is 19.3 Å². The van der Waals surface area contributed by atoms with Crippen molar-refractivity contribution in [3.05, 3.63) is 53.7 Å². The molecule has 0 aliphatic heterocycles. The number of aromatic nitrogens is 1. The van der Waals surface area contributed by atoms with E-state index in [1.165, 1.54) is 24.8 Å². The number of hydrogen-bond acceptors (Lipinski definition) is 3. The first-order valence-electron chi connectivity index (χ1n) is 7.94. The van der Waals surface area contributed by atoms with Gasteiger partial charge in [-0.05, 0) is 43.5 Å². The zero-order chi connectivity index (χ0) is 15.4. The first-order chi connectivity index (χ1) is 10.7. The Morgan fingerprint density at radius 3 is 2.59 bits per heavy atom. The number of carbonyl (C=O) groups excluding carboxylic acids is 1. The van der Waals surface area contributed by atoms with Crippen molar-refractivity contribution in [3.63, 3.8) is 0 Å². The molecule has 0 spiro atoms. The van der Waals surface area contributed by atoms with Crippen LogP contribution >= 0.6 is 0 Å². The average molecular weight is 298 g/mol. The second-order valence-electron chi connectivity index (χ2n) is 6.15. The Kier molecular flexibility index (Phi) is 4.27. The van der Waals surface area contributed by atoms with Crippen molar-refractivity contribution in [2.45, 2.75) is 44.4 Å². The fourth-order valence-electron chi connectivity index (χ4n) is 3.47. The lowest BCUT2D eigenvalue weighted by atomic mass is 9.69. The summed E-state index contributed by atoms with van der Waals surface area (Å²) < 4.78 is 5.22. The van der Waals surface area contributed by atoms with Gasteiger partial charge in [-0.15, -0.1) is 0 Å². The molecule has 4 nitrogen and oxygen atoms in total. The van der Waals surface area contributed by atoms with E-state index in [0.29, 0.717) is 17.9 Å². The van der Waals surface area contributed by atoms with Gasteiger partial charge in [0.05, 0.1) is 11.8 Å². The highest BCUT2D eigenvalue weighted by Gasteiger charge is 2.34. The van der Waals surface area contributed by atoms with Gasteiger partial charge in [-0.3, -0.25) is 9.78 Å². The number of carbonyl (C=O) groups is 1. The molecule has 4 heteroatoms. The normalized spacial score (nSPS) is 17.1.